The first kappa shape index (κ1) is 30.8. The number of hydrogen-bond donors (Lipinski definition) is 4. The van der Waals surface area contributed by atoms with Crippen molar-refractivity contribution in [2.45, 2.75) is 70.0 Å². The smallest absolute Gasteiger partial charge is 0.289 e. The van der Waals surface area contributed by atoms with Gasteiger partial charge in [0.15, 0.2) is 0 Å². The van der Waals surface area contributed by atoms with Gasteiger partial charge in [-0.2, -0.15) is 0 Å². The van der Waals surface area contributed by atoms with Crippen LogP contribution >= 0.6 is 0 Å². The van der Waals surface area contributed by atoms with Gasteiger partial charge in [-0.05, 0) is 42.9 Å². The summed E-state index contributed by atoms with van der Waals surface area (Å²) in [5, 5.41) is 11.9. The molecule has 0 bridgehead atoms. The topological polar surface area (TPSA) is 146 Å². The Morgan fingerprint density at radius 3 is 2.32 bits per heavy atom. The molecule has 3 aromatic rings. The van der Waals surface area contributed by atoms with E-state index in [1.165, 1.54) is 0 Å². The summed E-state index contributed by atoms with van der Waals surface area (Å²) in [5.41, 5.74) is 1.66. The monoisotopic (exact) mass is 597 g/mol. The van der Waals surface area contributed by atoms with E-state index in [1.54, 1.807) is 6.07 Å². The molecule has 0 spiro atoms. The summed E-state index contributed by atoms with van der Waals surface area (Å²) in [6.07, 6.45) is 6.03. The maximum Gasteiger partial charge on any atom is 0.289 e. The summed E-state index contributed by atoms with van der Waals surface area (Å²) in [7, 11) is 0. The van der Waals surface area contributed by atoms with Gasteiger partial charge in [-0.3, -0.25) is 24.0 Å². The van der Waals surface area contributed by atoms with Crippen LogP contribution in [0.1, 0.15) is 67.4 Å². The van der Waals surface area contributed by atoms with Crippen molar-refractivity contribution in [3.63, 3.8) is 0 Å². The summed E-state index contributed by atoms with van der Waals surface area (Å²) in [6, 6.07) is 17.9. The third kappa shape index (κ3) is 8.06. The lowest BCUT2D eigenvalue weighted by atomic mass is 9.84. The highest BCUT2D eigenvalue weighted by atomic mass is 16.2. The Labute approximate surface area is 256 Å². The fraction of sp³-hybridized carbons (Fsp3) is 0.412. The number of benzene rings is 2. The normalized spacial score (nSPS) is 18.2. The summed E-state index contributed by atoms with van der Waals surface area (Å²) >= 11 is 0. The Kier molecular flexibility index (Phi) is 10.3. The summed E-state index contributed by atoms with van der Waals surface area (Å²) in [6.45, 7) is 0.618. The van der Waals surface area contributed by atoms with Crippen molar-refractivity contribution < 1.29 is 24.0 Å². The maximum atomic E-state index is 13.8. The van der Waals surface area contributed by atoms with Crippen LogP contribution in [-0.4, -0.2) is 53.0 Å². The molecule has 3 atom stereocenters. The zero-order valence-electron chi connectivity index (χ0n) is 24.7. The molecule has 2 aromatic carbocycles. The molecule has 10 nitrogen and oxygen atoms in total. The van der Waals surface area contributed by atoms with Gasteiger partial charge in [-0.1, -0.05) is 86.7 Å². The molecule has 1 aliphatic carbocycles. The molecule has 2 heterocycles. The number of ketones is 1. The Balaban J connectivity index is 1.33. The first-order valence-electron chi connectivity index (χ1n) is 15.5. The number of aromatic nitrogens is 1. The molecular weight excluding hydrogens is 558 g/mol. The number of para-hydroxylation sites is 1. The van der Waals surface area contributed by atoms with E-state index < -0.39 is 41.5 Å². The van der Waals surface area contributed by atoms with Gasteiger partial charge in [0.1, 0.15) is 11.7 Å². The second kappa shape index (κ2) is 14.7. The third-order valence-electron chi connectivity index (χ3n) is 8.58. The van der Waals surface area contributed by atoms with Gasteiger partial charge < -0.3 is 21.3 Å². The van der Waals surface area contributed by atoms with E-state index >= 15 is 0 Å². The minimum absolute atomic E-state index is 0.00844. The molecule has 10 heteroatoms. The quantitative estimate of drug-likeness (QED) is 0.236. The number of pyridine rings is 1. The largest absolute Gasteiger partial charge is 0.356 e. The standard InChI is InChI=1S/C34H39N5O5/c40-30(34(44)36-21-23-11-5-2-6-12-23)28(20-25-17-18-35-31(25)41)38-33(43)29(19-22-9-3-1-4-10-22)39-32(42)27-16-15-24-13-7-8-14-26(24)37-27/h2,5-8,11-16,22,25,28-29H,1,3-4,9-10,17-21H2,(H,35,41)(H,36,44)(H,38,43)(H,39,42)/t25-,28-,29-/m0/s1. The predicted molar refractivity (Wildman–Crippen MR) is 165 cm³/mol. The number of amides is 4. The number of carbonyl (C=O) groups is 5. The molecule has 4 N–H and O–H groups in total. The van der Waals surface area contributed by atoms with Crippen molar-refractivity contribution in [1.82, 2.24) is 26.3 Å². The van der Waals surface area contributed by atoms with Gasteiger partial charge in [-0.15, -0.1) is 0 Å². The Morgan fingerprint density at radius 1 is 0.818 bits per heavy atom. The lowest BCUT2D eigenvalue weighted by Crippen LogP contribution is -2.55. The Bertz CT molecular complexity index is 1500. The van der Waals surface area contributed by atoms with Gasteiger partial charge in [0.25, 0.3) is 11.8 Å². The summed E-state index contributed by atoms with van der Waals surface area (Å²) in [4.78, 5) is 70.5. The molecular formula is C34H39N5O5. The molecule has 1 saturated heterocycles. The molecule has 0 radical (unpaired) electrons. The highest BCUT2D eigenvalue weighted by Gasteiger charge is 2.36. The number of carbonyl (C=O) groups excluding carboxylic acids is 5. The number of nitrogens with zero attached hydrogens (tertiary/aromatic N) is 1. The van der Waals surface area contributed by atoms with Crippen molar-refractivity contribution >= 4 is 40.3 Å². The van der Waals surface area contributed by atoms with Crippen LogP contribution in [-0.2, 0) is 25.7 Å². The molecule has 1 aromatic heterocycles. The molecule has 44 heavy (non-hydrogen) atoms. The molecule has 5 rings (SSSR count). The van der Waals surface area contributed by atoms with E-state index in [2.05, 4.69) is 26.3 Å². The average molecular weight is 598 g/mol. The zero-order chi connectivity index (χ0) is 30.9. The first-order valence-corrected chi connectivity index (χ1v) is 15.5. The van der Waals surface area contributed by atoms with E-state index in [-0.39, 0.29) is 30.5 Å². The second-order valence-corrected chi connectivity index (χ2v) is 11.8. The van der Waals surface area contributed by atoms with Crippen LogP contribution in [0.5, 0.6) is 0 Å². The predicted octanol–water partition coefficient (Wildman–Crippen LogP) is 3.20. The van der Waals surface area contributed by atoms with Crippen molar-refractivity contribution in [3.05, 3.63) is 78.0 Å². The van der Waals surface area contributed by atoms with E-state index in [1.807, 2.05) is 60.7 Å². The molecule has 0 unspecified atom stereocenters. The lowest BCUT2D eigenvalue weighted by Gasteiger charge is -2.28. The molecule has 1 saturated carbocycles. The van der Waals surface area contributed by atoms with Crippen LogP contribution in [0.4, 0.5) is 0 Å². The van der Waals surface area contributed by atoms with Crippen molar-refractivity contribution in [3.8, 4) is 0 Å². The fourth-order valence-corrected chi connectivity index (χ4v) is 6.09. The van der Waals surface area contributed by atoms with Crippen LogP contribution in [0.15, 0.2) is 66.7 Å². The van der Waals surface area contributed by atoms with Crippen LogP contribution < -0.4 is 21.3 Å². The highest BCUT2D eigenvalue weighted by molar-refractivity contribution is 6.38. The van der Waals surface area contributed by atoms with Gasteiger partial charge in [0.2, 0.25) is 17.6 Å². The van der Waals surface area contributed by atoms with E-state index in [4.69, 9.17) is 0 Å². The van der Waals surface area contributed by atoms with Crippen molar-refractivity contribution in [1.29, 1.82) is 0 Å². The number of Topliss-reactive ketones (excluding diaryl/α,β-unsaturated/α-hetero) is 1. The molecule has 1 aliphatic heterocycles. The van der Waals surface area contributed by atoms with Gasteiger partial charge in [0, 0.05) is 24.4 Å². The Hall–Kier alpha value is -4.60. The number of hydrogen-bond acceptors (Lipinski definition) is 6. The lowest BCUT2D eigenvalue weighted by molar-refractivity contribution is -0.141. The van der Waals surface area contributed by atoms with Crippen LogP contribution in [0.25, 0.3) is 10.9 Å². The number of rotatable bonds is 12. The molecule has 4 amide bonds. The minimum atomic E-state index is -1.23. The molecule has 2 fully saturated rings. The number of nitrogens with one attached hydrogen (secondary N) is 4. The Morgan fingerprint density at radius 2 is 1.57 bits per heavy atom. The van der Waals surface area contributed by atoms with E-state index in [0.717, 1.165) is 43.1 Å². The van der Waals surface area contributed by atoms with Crippen LogP contribution in [0, 0.1) is 11.8 Å². The third-order valence-corrected chi connectivity index (χ3v) is 8.58. The molecule has 2 aliphatic rings. The summed E-state index contributed by atoms with van der Waals surface area (Å²) < 4.78 is 0. The van der Waals surface area contributed by atoms with Gasteiger partial charge >= 0.3 is 0 Å². The van der Waals surface area contributed by atoms with Crippen molar-refractivity contribution in [2.24, 2.45) is 11.8 Å². The van der Waals surface area contributed by atoms with Crippen LogP contribution in [0.3, 0.4) is 0 Å². The molecule has 230 valence electrons. The maximum absolute atomic E-state index is 13.8. The van der Waals surface area contributed by atoms with E-state index in [0.29, 0.717) is 24.9 Å². The number of fused-ring (bicyclic) bond motifs is 1. The van der Waals surface area contributed by atoms with E-state index in [9.17, 15) is 24.0 Å². The average Bonchev–Trinajstić information content (AvgIpc) is 3.46. The van der Waals surface area contributed by atoms with Crippen molar-refractivity contribution in [2.75, 3.05) is 6.54 Å². The van der Waals surface area contributed by atoms with Crippen LogP contribution in [0.2, 0.25) is 0 Å². The first-order chi connectivity index (χ1) is 21.4. The van der Waals surface area contributed by atoms with Gasteiger partial charge in [0.05, 0.1) is 11.6 Å². The minimum Gasteiger partial charge on any atom is -0.356 e. The SMILES string of the molecule is O=C(NCc1ccccc1)C(=O)[C@H](C[C@@H]1CCNC1=O)NC(=O)[C@H](CC1CCCCC1)NC(=O)c1ccc2ccccc2n1. The second-order valence-electron chi connectivity index (χ2n) is 11.8. The highest BCUT2D eigenvalue weighted by Crippen LogP contribution is 2.28. The zero-order valence-corrected chi connectivity index (χ0v) is 24.7. The fourth-order valence-electron chi connectivity index (χ4n) is 6.09. The van der Waals surface area contributed by atoms with Gasteiger partial charge in [-0.25, -0.2) is 4.98 Å². The summed E-state index contributed by atoms with van der Waals surface area (Å²) in [5.74, 6) is -3.22.